The van der Waals surface area contributed by atoms with Gasteiger partial charge in [-0.1, -0.05) is 49.6 Å². The number of rotatable bonds is 9. The van der Waals surface area contributed by atoms with Gasteiger partial charge in [0.2, 0.25) is 0 Å². The lowest BCUT2D eigenvalue weighted by Crippen LogP contribution is -2.56. The van der Waals surface area contributed by atoms with Gasteiger partial charge in [-0.05, 0) is 89.3 Å². The average molecular weight is 510 g/mol. The molecule has 1 unspecified atom stereocenters. The Balaban J connectivity index is 1.28. The van der Waals surface area contributed by atoms with Crippen LogP contribution in [0.25, 0.3) is 0 Å². The molecule has 0 radical (unpaired) electrons. The monoisotopic (exact) mass is 509 g/mol. The third kappa shape index (κ3) is 5.34. The fourth-order valence-electron chi connectivity index (χ4n) is 7.67. The standard InChI is InChI=1S/C31H47N3O3/c1-32(2)31(26-12-4-3-5-13-26)19-17-30(18-20-31)23-33(29(37)34(30)21-24-9-8-10-24)22-27(35)16-15-25-11-6-7-14-28(25)36/h3-5,12-13,24-25,28,36H,6-11,14-23H2,1-2H3/t25?,28-,30?,31?/m1/s1. The minimum absolute atomic E-state index is 0.0121. The molecule has 4 aliphatic rings. The van der Waals surface area contributed by atoms with Gasteiger partial charge in [0.25, 0.3) is 0 Å². The first-order valence-electron chi connectivity index (χ1n) is 14.8. The molecule has 2 atom stereocenters. The van der Waals surface area contributed by atoms with E-state index >= 15 is 0 Å². The van der Waals surface area contributed by atoms with E-state index in [1.54, 1.807) is 0 Å². The fourth-order valence-corrected chi connectivity index (χ4v) is 7.67. The average Bonchev–Trinajstić information content (AvgIpc) is 3.11. The fraction of sp³-hybridized carbons (Fsp3) is 0.742. The lowest BCUT2D eigenvalue weighted by molar-refractivity contribution is -0.120. The maximum Gasteiger partial charge on any atom is 0.321 e. The van der Waals surface area contributed by atoms with Crippen molar-refractivity contribution in [3.05, 3.63) is 35.9 Å². The molecule has 5 rings (SSSR count). The van der Waals surface area contributed by atoms with Crippen LogP contribution in [0.5, 0.6) is 0 Å². The van der Waals surface area contributed by atoms with Crippen LogP contribution in [-0.4, -0.2) is 77.0 Å². The second kappa shape index (κ2) is 11.1. The maximum absolute atomic E-state index is 13.8. The van der Waals surface area contributed by atoms with Crippen molar-refractivity contribution in [2.45, 2.75) is 101 Å². The number of Topliss-reactive ketones (excluding diaryl/α,β-unsaturated/α-hetero) is 1. The van der Waals surface area contributed by atoms with Gasteiger partial charge in [-0.3, -0.25) is 9.69 Å². The van der Waals surface area contributed by atoms with Crippen LogP contribution >= 0.6 is 0 Å². The SMILES string of the molecule is CN(C)C1(c2ccccc2)CCC2(CC1)CN(CC(=O)CCC1CCCC[C@H]1O)C(=O)N2CC1CCC1. The zero-order valence-electron chi connectivity index (χ0n) is 23.0. The third-order valence-electron chi connectivity index (χ3n) is 10.4. The number of aliphatic hydroxyl groups excluding tert-OH is 1. The Kier molecular flexibility index (Phi) is 7.97. The molecule has 1 saturated heterocycles. The minimum Gasteiger partial charge on any atom is -0.393 e. The number of hydrogen-bond donors (Lipinski definition) is 1. The largest absolute Gasteiger partial charge is 0.393 e. The summed E-state index contributed by atoms with van der Waals surface area (Å²) in [5, 5.41) is 10.3. The number of aliphatic hydroxyl groups is 1. The highest BCUT2D eigenvalue weighted by molar-refractivity contribution is 5.87. The van der Waals surface area contributed by atoms with E-state index in [0.717, 1.165) is 64.3 Å². The lowest BCUT2D eigenvalue weighted by Gasteiger charge is -2.51. The van der Waals surface area contributed by atoms with Crippen molar-refractivity contribution >= 4 is 11.8 Å². The zero-order valence-corrected chi connectivity index (χ0v) is 23.0. The molecule has 6 nitrogen and oxygen atoms in total. The number of hydrogen-bond acceptors (Lipinski definition) is 4. The van der Waals surface area contributed by atoms with Crippen molar-refractivity contribution in [3.8, 4) is 0 Å². The summed E-state index contributed by atoms with van der Waals surface area (Å²) in [5.74, 6) is 0.998. The van der Waals surface area contributed by atoms with Crippen LogP contribution in [0, 0.1) is 11.8 Å². The molecule has 1 N–H and O–H groups in total. The van der Waals surface area contributed by atoms with Gasteiger partial charge in [0, 0.05) is 25.0 Å². The first kappa shape index (κ1) is 26.7. The number of benzene rings is 1. The Morgan fingerprint density at radius 1 is 1.00 bits per heavy atom. The van der Waals surface area contributed by atoms with E-state index in [-0.39, 0.29) is 41.5 Å². The van der Waals surface area contributed by atoms with Crippen LogP contribution in [0.1, 0.15) is 89.0 Å². The van der Waals surface area contributed by atoms with Crippen molar-refractivity contribution in [1.82, 2.24) is 14.7 Å². The van der Waals surface area contributed by atoms with E-state index < -0.39 is 0 Å². The zero-order chi connectivity index (χ0) is 26.0. The molecule has 1 spiro atoms. The number of carbonyl (C=O) groups excluding carboxylic acids is 2. The van der Waals surface area contributed by atoms with Crippen molar-refractivity contribution in [3.63, 3.8) is 0 Å². The number of amides is 2. The number of ketones is 1. The van der Waals surface area contributed by atoms with E-state index in [9.17, 15) is 14.7 Å². The predicted octanol–water partition coefficient (Wildman–Crippen LogP) is 5.19. The summed E-state index contributed by atoms with van der Waals surface area (Å²) in [6.07, 6.45) is 12.7. The lowest BCUT2D eigenvalue weighted by atomic mass is 9.68. The maximum atomic E-state index is 13.8. The number of carbonyl (C=O) groups is 2. The Morgan fingerprint density at radius 3 is 2.32 bits per heavy atom. The van der Waals surface area contributed by atoms with E-state index in [1.165, 1.54) is 24.8 Å². The molecule has 2 amide bonds. The van der Waals surface area contributed by atoms with Crippen molar-refractivity contribution in [2.75, 3.05) is 33.7 Å². The van der Waals surface area contributed by atoms with Crippen LogP contribution in [-0.2, 0) is 10.3 Å². The Bertz CT molecular complexity index is 936. The Morgan fingerprint density at radius 2 is 1.70 bits per heavy atom. The molecule has 3 saturated carbocycles. The molecular weight excluding hydrogens is 462 g/mol. The van der Waals surface area contributed by atoms with Gasteiger partial charge in [-0.15, -0.1) is 0 Å². The van der Waals surface area contributed by atoms with Gasteiger partial charge in [0.05, 0.1) is 18.2 Å². The summed E-state index contributed by atoms with van der Waals surface area (Å²) in [5.41, 5.74) is 1.18. The van der Waals surface area contributed by atoms with Crippen molar-refractivity contribution in [1.29, 1.82) is 0 Å². The first-order valence-corrected chi connectivity index (χ1v) is 14.8. The van der Waals surface area contributed by atoms with Crippen molar-refractivity contribution < 1.29 is 14.7 Å². The van der Waals surface area contributed by atoms with E-state index in [2.05, 4.69) is 54.2 Å². The normalized spacial score (nSPS) is 32.8. The van der Waals surface area contributed by atoms with Crippen LogP contribution in [0.4, 0.5) is 4.79 Å². The molecular formula is C31H47N3O3. The minimum atomic E-state index is -0.264. The van der Waals surface area contributed by atoms with Crippen molar-refractivity contribution in [2.24, 2.45) is 11.8 Å². The van der Waals surface area contributed by atoms with Gasteiger partial charge >= 0.3 is 6.03 Å². The van der Waals surface area contributed by atoms with Crippen LogP contribution in [0.2, 0.25) is 0 Å². The van der Waals surface area contributed by atoms with Gasteiger partial charge in [0.1, 0.15) is 0 Å². The highest BCUT2D eigenvalue weighted by atomic mass is 16.3. The molecule has 1 heterocycles. The summed E-state index contributed by atoms with van der Waals surface area (Å²) in [6, 6.07) is 10.9. The summed E-state index contributed by atoms with van der Waals surface area (Å²) < 4.78 is 0. The van der Waals surface area contributed by atoms with E-state index in [0.29, 0.717) is 18.9 Å². The topological polar surface area (TPSA) is 64.1 Å². The van der Waals surface area contributed by atoms with Gasteiger partial charge < -0.3 is 14.9 Å². The second-order valence-corrected chi connectivity index (χ2v) is 12.8. The summed E-state index contributed by atoms with van der Waals surface area (Å²) >= 11 is 0. The first-order chi connectivity index (χ1) is 17.8. The number of urea groups is 1. The number of nitrogens with zero attached hydrogens (tertiary/aromatic N) is 3. The van der Waals surface area contributed by atoms with Gasteiger partial charge in [-0.2, -0.15) is 0 Å². The van der Waals surface area contributed by atoms with Gasteiger partial charge in [-0.25, -0.2) is 4.79 Å². The summed E-state index contributed by atoms with van der Waals surface area (Å²) in [4.78, 5) is 33.2. The molecule has 1 aliphatic heterocycles. The van der Waals surface area contributed by atoms with Crippen LogP contribution in [0.3, 0.4) is 0 Å². The molecule has 1 aromatic carbocycles. The summed E-state index contributed by atoms with van der Waals surface area (Å²) in [6.45, 7) is 1.74. The van der Waals surface area contributed by atoms with E-state index in [1.807, 2.05) is 4.90 Å². The molecule has 1 aromatic rings. The Labute approximate surface area is 223 Å². The smallest absolute Gasteiger partial charge is 0.321 e. The second-order valence-electron chi connectivity index (χ2n) is 12.8. The van der Waals surface area contributed by atoms with Gasteiger partial charge in [0.15, 0.2) is 5.78 Å². The highest BCUT2D eigenvalue weighted by Crippen LogP contribution is 2.49. The summed E-state index contributed by atoms with van der Waals surface area (Å²) in [7, 11) is 4.37. The molecule has 0 aromatic heterocycles. The van der Waals surface area contributed by atoms with Crippen LogP contribution < -0.4 is 0 Å². The molecule has 0 bridgehead atoms. The molecule has 204 valence electrons. The Hall–Kier alpha value is -1.92. The molecule has 4 fully saturated rings. The molecule has 37 heavy (non-hydrogen) atoms. The molecule has 6 heteroatoms. The molecule has 3 aliphatic carbocycles. The third-order valence-corrected chi connectivity index (χ3v) is 10.4. The highest BCUT2D eigenvalue weighted by Gasteiger charge is 2.55. The van der Waals surface area contributed by atoms with Crippen LogP contribution in [0.15, 0.2) is 30.3 Å². The quantitative estimate of drug-likeness (QED) is 0.497. The predicted molar refractivity (Wildman–Crippen MR) is 146 cm³/mol. The van der Waals surface area contributed by atoms with E-state index in [4.69, 9.17) is 0 Å².